The molecule has 5 nitrogen and oxygen atoms in total. The largest absolute Gasteiger partial charge is 0.364 e. The molecule has 1 heterocycles. The van der Waals surface area contributed by atoms with Crippen molar-refractivity contribution in [3.05, 3.63) is 27.4 Å². The van der Waals surface area contributed by atoms with E-state index in [4.69, 9.17) is 11.6 Å². The van der Waals surface area contributed by atoms with E-state index < -0.39 is 4.92 Å². The van der Waals surface area contributed by atoms with Gasteiger partial charge in [0, 0.05) is 11.6 Å². The summed E-state index contributed by atoms with van der Waals surface area (Å²) in [5.41, 5.74) is -0.0541. The van der Waals surface area contributed by atoms with Gasteiger partial charge in [-0.2, -0.15) is 0 Å². The van der Waals surface area contributed by atoms with Gasteiger partial charge < -0.3 is 5.32 Å². The van der Waals surface area contributed by atoms with Crippen molar-refractivity contribution in [2.24, 2.45) is 0 Å². The number of nitrogens with one attached hydrogen (secondary N) is 1. The van der Waals surface area contributed by atoms with E-state index in [1.807, 2.05) is 0 Å². The Hall–Kier alpha value is -1.36. The highest BCUT2D eigenvalue weighted by atomic mass is 35.5. The number of halogens is 1. The lowest BCUT2D eigenvalue weighted by Gasteiger charge is -2.39. The maximum atomic E-state index is 10.5. The van der Waals surface area contributed by atoms with E-state index in [-0.39, 0.29) is 11.2 Å². The summed E-state index contributed by atoms with van der Waals surface area (Å²) in [5, 5.41) is 14.0. The molecule has 6 heteroatoms. The molecule has 1 aliphatic rings. The third-order valence-corrected chi connectivity index (χ3v) is 3.20. The van der Waals surface area contributed by atoms with Crippen LogP contribution in [0.25, 0.3) is 0 Å². The predicted molar refractivity (Wildman–Crippen MR) is 61.8 cm³/mol. The molecule has 0 saturated heterocycles. The number of hydrogen-bond donors (Lipinski definition) is 1. The van der Waals surface area contributed by atoms with Crippen molar-refractivity contribution in [1.82, 2.24) is 4.98 Å². The molecule has 0 aromatic carbocycles. The van der Waals surface area contributed by atoms with Crippen molar-refractivity contribution >= 4 is 23.1 Å². The maximum absolute atomic E-state index is 10.5. The van der Waals surface area contributed by atoms with Crippen molar-refractivity contribution in [3.8, 4) is 0 Å². The average Bonchev–Trinajstić information content (AvgIpc) is 2.18. The summed E-state index contributed by atoms with van der Waals surface area (Å²) in [6.45, 7) is 2.09. The first-order valence-electron chi connectivity index (χ1n) is 5.08. The molecule has 1 aromatic rings. The average molecular weight is 242 g/mol. The fourth-order valence-electron chi connectivity index (χ4n) is 1.74. The number of rotatable bonds is 3. The molecular formula is C10H12ClN3O2. The first kappa shape index (κ1) is 11.1. The molecule has 0 bridgehead atoms. The highest BCUT2D eigenvalue weighted by Gasteiger charge is 2.32. The van der Waals surface area contributed by atoms with E-state index >= 15 is 0 Å². The molecule has 16 heavy (non-hydrogen) atoms. The maximum Gasteiger partial charge on any atom is 0.289 e. The van der Waals surface area contributed by atoms with Gasteiger partial charge >= 0.3 is 0 Å². The summed E-state index contributed by atoms with van der Waals surface area (Å²) in [4.78, 5) is 14.0. The zero-order valence-electron chi connectivity index (χ0n) is 8.86. The minimum absolute atomic E-state index is 0.0345. The molecule has 2 rings (SSSR count). The summed E-state index contributed by atoms with van der Waals surface area (Å²) >= 11 is 5.93. The van der Waals surface area contributed by atoms with Crippen molar-refractivity contribution in [2.45, 2.75) is 31.7 Å². The Morgan fingerprint density at radius 1 is 1.62 bits per heavy atom. The van der Waals surface area contributed by atoms with Gasteiger partial charge in [0.05, 0.1) is 9.95 Å². The quantitative estimate of drug-likeness (QED) is 0.652. The minimum atomic E-state index is -0.506. The second kappa shape index (κ2) is 3.90. The summed E-state index contributed by atoms with van der Waals surface area (Å²) in [7, 11) is 0. The zero-order chi connectivity index (χ0) is 11.8. The third kappa shape index (κ3) is 2.09. The molecule has 1 aliphatic carbocycles. The molecule has 86 valence electrons. The highest BCUT2D eigenvalue weighted by molar-refractivity contribution is 6.33. The number of hydrogen-bond acceptors (Lipinski definition) is 4. The van der Waals surface area contributed by atoms with Crippen LogP contribution in [0.1, 0.15) is 26.2 Å². The fraction of sp³-hybridized carbons (Fsp3) is 0.500. The Morgan fingerprint density at radius 2 is 2.31 bits per heavy atom. The Morgan fingerprint density at radius 3 is 2.75 bits per heavy atom. The van der Waals surface area contributed by atoms with Gasteiger partial charge in [-0.1, -0.05) is 11.6 Å². The van der Waals surface area contributed by atoms with E-state index in [9.17, 15) is 10.1 Å². The van der Waals surface area contributed by atoms with Gasteiger partial charge in [-0.05, 0) is 26.2 Å². The lowest BCUT2D eigenvalue weighted by Crippen LogP contribution is -2.41. The standard InChI is InChI=1S/C10H12ClN3O2/c1-10(3-2-4-10)13-9-8(11)5-7(6-12-9)14(15)16/h5-6H,2-4H2,1H3,(H,12,13). The van der Waals surface area contributed by atoms with Crippen molar-refractivity contribution < 1.29 is 4.92 Å². The highest BCUT2D eigenvalue weighted by Crippen LogP contribution is 2.36. The minimum Gasteiger partial charge on any atom is -0.364 e. The van der Waals surface area contributed by atoms with Crippen LogP contribution in [-0.2, 0) is 0 Å². The summed E-state index contributed by atoms with van der Waals surface area (Å²) < 4.78 is 0. The Balaban J connectivity index is 2.19. The normalized spacial score (nSPS) is 17.6. The molecule has 0 atom stereocenters. The van der Waals surface area contributed by atoms with Crippen molar-refractivity contribution in [1.29, 1.82) is 0 Å². The predicted octanol–water partition coefficient (Wildman–Crippen LogP) is 3.00. The first-order valence-corrected chi connectivity index (χ1v) is 5.46. The molecule has 1 fully saturated rings. The fourth-order valence-corrected chi connectivity index (χ4v) is 1.95. The molecule has 0 spiro atoms. The van der Waals surface area contributed by atoms with Gasteiger partial charge in [0.1, 0.15) is 12.0 Å². The SMILES string of the molecule is CC1(Nc2ncc([N+](=O)[O-])cc2Cl)CCC1. The molecule has 1 aromatic heterocycles. The lowest BCUT2D eigenvalue weighted by molar-refractivity contribution is -0.385. The summed E-state index contributed by atoms with van der Waals surface area (Å²) in [6.07, 6.45) is 4.55. The van der Waals surface area contributed by atoms with Gasteiger partial charge in [-0.3, -0.25) is 10.1 Å². The van der Waals surface area contributed by atoms with Crippen LogP contribution < -0.4 is 5.32 Å². The van der Waals surface area contributed by atoms with E-state index in [0.717, 1.165) is 12.8 Å². The van der Waals surface area contributed by atoms with E-state index in [1.54, 1.807) is 0 Å². The topological polar surface area (TPSA) is 68.1 Å². The number of aromatic nitrogens is 1. The molecule has 0 amide bonds. The second-order valence-electron chi connectivity index (χ2n) is 4.32. The Bertz CT molecular complexity index is 432. The number of nitro groups is 1. The zero-order valence-corrected chi connectivity index (χ0v) is 9.62. The van der Waals surface area contributed by atoms with E-state index in [0.29, 0.717) is 10.8 Å². The van der Waals surface area contributed by atoms with Gasteiger partial charge in [-0.15, -0.1) is 0 Å². The monoisotopic (exact) mass is 241 g/mol. The third-order valence-electron chi connectivity index (χ3n) is 2.91. The van der Waals surface area contributed by atoms with Gasteiger partial charge in [0.25, 0.3) is 5.69 Å². The molecule has 0 radical (unpaired) electrons. The van der Waals surface area contributed by atoms with Crippen LogP contribution in [-0.4, -0.2) is 15.4 Å². The Kier molecular flexibility index (Phi) is 2.71. The van der Waals surface area contributed by atoms with E-state index in [2.05, 4.69) is 17.2 Å². The number of anilines is 1. The van der Waals surface area contributed by atoms with Crippen LogP contribution in [0.5, 0.6) is 0 Å². The smallest absolute Gasteiger partial charge is 0.289 e. The van der Waals surface area contributed by atoms with E-state index in [1.165, 1.54) is 18.7 Å². The van der Waals surface area contributed by atoms with Gasteiger partial charge in [0.15, 0.2) is 0 Å². The molecule has 0 unspecified atom stereocenters. The number of nitrogens with zero attached hydrogens (tertiary/aromatic N) is 2. The van der Waals surface area contributed by atoms with Crippen LogP contribution in [0, 0.1) is 10.1 Å². The van der Waals surface area contributed by atoms with Crippen LogP contribution in [0.2, 0.25) is 5.02 Å². The Labute approximate surface area is 98.0 Å². The van der Waals surface area contributed by atoms with Crippen LogP contribution in [0.3, 0.4) is 0 Å². The van der Waals surface area contributed by atoms with Crippen molar-refractivity contribution in [3.63, 3.8) is 0 Å². The molecule has 1 N–H and O–H groups in total. The van der Waals surface area contributed by atoms with Crippen LogP contribution in [0.15, 0.2) is 12.3 Å². The van der Waals surface area contributed by atoms with Gasteiger partial charge in [0.2, 0.25) is 0 Å². The summed E-state index contributed by atoms with van der Waals surface area (Å²) in [5.74, 6) is 0.523. The number of pyridine rings is 1. The van der Waals surface area contributed by atoms with Crippen molar-refractivity contribution in [2.75, 3.05) is 5.32 Å². The summed E-state index contributed by atoms with van der Waals surface area (Å²) in [6, 6.07) is 1.32. The van der Waals surface area contributed by atoms with Gasteiger partial charge in [-0.25, -0.2) is 4.98 Å². The lowest BCUT2D eigenvalue weighted by atomic mass is 9.78. The van der Waals surface area contributed by atoms with Crippen LogP contribution in [0.4, 0.5) is 11.5 Å². The molecular weight excluding hydrogens is 230 g/mol. The van der Waals surface area contributed by atoms with Crippen LogP contribution >= 0.6 is 11.6 Å². The second-order valence-corrected chi connectivity index (χ2v) is 4.73. The molecule has 1 saturated carbocycles. The first-order chi connectivity index (χ1) is 7.50. The molecule has 0 aliphatic heterocycles.